The molecule has 0 saturated heterocycles. The fourth-order valence-corrected chi connectivity index (χ4v) is 2.20. The van der Waals surface area contributed by atoms with Crippen LogP contribution in [0, 0.1) is 0 Å². The number of ether oxygens (including phenoxy) is 2. The number of carboxylic acids is 2. The fraction of sp³-hybridized carbons (Fsp3) is 0.200. The topological polar surface area (TPSA) is 127 Å². The Morgan fingerprint density at radius 3 is 1.54 bits per heavy atom. The van der Waals surface area contributed by atoms with Crippen LogP contribution in [0.5, 0.6) is 0 Å². The zero-order valence-corrected chi connectivity index (χ0v) is 15.0. The molecule has 0 radical (unpaired) electrons. The second-order valence-corrected chi connectivity index (χ2v) is 5.80. The fourth-order valence-electron chi connectivity index (χ4n) is 2.20. The molecule has 2 N–H and O–H groups in total. The third kappa shape index (κ3) is 5.41. The number of hydrogen-bond donors (Lipinski definition) is 2. The first-order valence-corrected chi connectivity index (χ1v) is 8.36. The summed E-state index contributed by atoms with van der Waals surface area (Å²) in [6.45, 7) is 1.58. The molecule has 1 unspecified atom stereocenters. The summed E-state index contributed by atoms with van der Waals surface area (Å²) in [5.41, 5.74) is 0.451. The summed E-state index contributed by atoms with van der Waals surface area (Å²) in [6, 6.07) is 10.5. The minimum atomic E-state index is -1.10. The van der Waals surface area contributed by atoms with E-state index in [0.717, 1.165) is 0 Å². The van der Waals surface area contributed by atoms with Crippen LogP contribution in [0.25, 0.3) is 0 Å². The first-order valence-electron chi connectivity index (χ1n) is 8.36. The summed E-state index contributed by atoms with van der Waals surface area (Å²) in [4.78, 5) is 45.8. The van der Waals surface area contributed by atoms with Gasteiger partial charge in [0.2, 0.25) is 0 Å². The maximum atomic E-state index is 12.1. The molecule has 2 aromatic rings. The van der Waals surface area contributed by atoms with E-state index in [2.05, 4.69) is 0 Å². The van der Waals surface area contributed by atoms with Gasteiger partial charge < -0.3 is 19.7 Å². The number of rotatable bonds is 8. The summed E-state index contributed by atoms with van der Waals surface area (Å²) < 4.78 is 10.4. The summed E-state index contributed by atoms with van der Waals surface area (Å²) in [5, 5.41) is 17.7. The van der Waals surface area contributed by atoms with Gasteiger partial charge in [-0.05, 0) is 55.0 Å². The van der Waals surface area contributed by atoms with Gasteiger partial charge in [-0.1, -0.05) is 6.92 Å². The quantitative estimate of drug-likeness (QED) is 0.663. The Labute approximate surface area is 160 Å². The molecule has 0 heterocycles. The Morgan fingerprint density at radius 1 is 0.750 bits per heavy atom. The lowest BCUT2D eigenvalue weighted by atomic mass is 10.1. The van der Waals surface area contributed by atoms with Gasteiger partial charge in [0.1, 0.15) is 12.7 Å². The molecule has 0 bridgehead atoms. The average molecular weight is 386 g/mol. The van der Waals surface area contributed by atoms with E-state index < -0.39 is 30.0 Å². The maximum Gasteiger partial charge on any atom is 0.338 e. The van der Waals surface area contributed by atoms with E-state index in [0.29, 0.717) is 6.42 Å². The average Bonchev–Trinajstić information content (AvgIpc) is 2.70. The van der Waals surface area contributed by atoms with E-state index in [9.17, 15) is 19.2 Å². The highest BCUT2D eigenvalue weighted by Gasteiger charge is 2.18. The number of hydrogen-bond acceptors (Lipinski definition) is 6. The monoisotopic (exact) mass is 386 g/mol. The highest BCUT2D eigenvalue weighted by molar-refractivity contribution is 5.93. The van der Waals surface area contributed by atoms with Crippen molar-refractivity contribution in [2.24, 2.45) is 0 Å². The normalized spacial score (nSPS) is 11.3. The molecule has 8 nitrogen and oxygen atoms in total. The zero-order chi connectivity index (χ0) is 20.7. The van der Waals surface area contributed by atoms with Crippen LogP contribution in [-0.2, 0) is 9.47 Å². The van der Waals surface area contributed by atoms with Gasteiger partial charge in [-0.2, -0.15) is 0 Å². The van der Waals surface area contributed by atoms with Crippen molar-refractivity contribution in [3.63, 3.8) is 0 Å². The molecule has 0 aliphatic rings. The molecule has 146 valence electrons. The van der Waals surface area contributed by atoms with Crippen LogP contribution in [0.4, 0.5) is 0 Å². The van der Waals surface area contributed by atoms with E-state index in [1.54, 1.807) is 6.92 Å². The Kier molecular flexibility index (Phi) is 6.86. The molecular weight excluding hydrogens is 368 g/mol. The van der Waals surface area contributed by atoms with Crippen LogP contribution in [0.15, 0.2) is 48.5 Å². The third-order valence-electron chi connectivity index (χ3n) is 3.86. The van der Waals surface area contributed by atoms with Crippen molar-refractivity contribution in [1.29, 1.82) is 0 Å². The highest BCUT2D eigenvalue weighted by Crippen LogP contribution is 2.11. The Hall–Kier alpha value is -3.68. The van der Waals surface area contributed by atoms with Crippen LogP contribution in [0.2, 0.25) is 0 Å². The van der Waals surface area contributed by atoms with E-state index >= 15 is 0 Å². The number of carbonyl (C=O) groups is 4. The lowest BCUT2D eigenvalue weighted by Crippen LogP contribution is -2.24. The van der Waals surface area contributed by atoms with Crippen molar-refractivity contribution in [1.82, 2.24) is 0 Å². The number of benzene rings is 2. The minimum Gasteiger partial charge on any atom is -0.478 e. The molecule has 0 fully saturated rings. The lowest BCUT2D eigenvalue weighted by molar-refractivity contribution is -0.00146. The SMILES string of the molecule is CCC(COC(=O)c1ccc(C(=O)O)cc1)OC(=O)c1ccc(C(=O)O)cc1. The predicted octanol–water partition coefficient (Wildman–Crippen LogP) is 2.88. The van der Waals surface area contributed by atoms with Crippen LogP contribution < -0.4 is 0 Å². The molecular formula is C20H18O8. The summed E-state index contributed by atoms with van der Waals surface area (Å²) in [6.07, 6.45) is -0.293. The molecule has 8 heteroatoms. The maximum absolute atomic E-state index is 12.1. The molecule has 1 atom stereocenters. The first kappa shape index (κ1) is 20.6. The largest absolute Gasteiger partial charge is 0.478 e. The summed E-state index contributed by atoms with van der Waals surface area (Å²) in [5.74, 6) is -3.54. The van der Waals surface area contributed by atoms with Crippen LogP contribution in [0.1, 0.15) is 54.8 Å². The van der Waals surface area contributed by atoms with Gasteiger partial charge in [0, 0.05) is 0 Å². The van der Waals surface area contributed by atoms with Crippen molar-refractivity contribution < 1.29 is 38.9 Å². The molecule has 0 aliphatic carbocycles. The Bertz CT molecular complexity index is 868. The van der Waals surface area contributed by atoms with Crippen molar-refractivity contribution in [2.75, 3.05) is 6.61 Å². The van der Waals surface area contributed by atoms with E-state index in [1.807, 2.05) is 0 Å². The van der Waals surface area contributed by atoms with Gasteiger partial charge in [-0.15, -0.1) is 0 Å². The van der Waals surface area contributed by atoms with Crippen LogP contribution in [-0.4, -0.2) is 46.8 Å². The standard InChI is InChI=1S/C20H18O8/c1-2-16(28-20(26)15-9-5-13(6-10-15)18(23)24)11-27-19(25)14-7-3-12(4-8-14)17(21)22/h3-10,16H,2,11H2,1H3,(H,21,22)(H,23,24). The first-order chi connectivity index (χ1) is 13.3. The molecule has 2 rings (SSSR count). The lowest BCUT2D eigenvalue weighted by Gasteiger charge is -2.16. The summed E-state index contributed by atoms with van der Waals surface area (Å²) in [7, 11) is 0. The van der Waals surface area contributed by atoms with Gasteiger partial charge in [-0.3, -0.25) is 0 Å². The van der Waals surface area contributed by atoms with Crippen molar-refractivity contribution in [3.8, 4) is 0 Å². The van der Waals surface area contributed by atoms with Gasteiger partial charge >= 0.3 is 23.9 Å². The molecule has 0 amide bonds. The zero-order valence-electron chi connectivity index (χ0n) is 15.0. The van der Waals surface area contributed by atoms with Crippen molar-refractivity contribution >= 4 is 23.9 Å². The smallest absolute Gasteiger partial charge is 0.338 e. The molecule has 0 aliphatic heterocycles. The van der Waals surface area contributed by atoms with Gasteiger partial charge in [0.15, 0.2) is 0 Å². The van der Waals surface area contributed by atoms with Crippen molar-refractivity contribution in [3.05, 3.63) is 70.8 Å². The molecule has 0 aromatic heterocycles. The number of esters is 2. The van der Waals surface area contributed by atoms with Gasteiger partial charge in [-0.25, -0.2) is 19.2 Å². The van der Waals surface area contributed by atoms with Gasteiger partial charge in [0.25, 0.3) is 0 Å². The molecule has 28 heavy (non-hydrogen) atoms. The van der Waals surface area contributed by atoms with E-state index in [1.165, 1.54) is 48.5 Å². The Morgan fingerprint density at radius 2 is 1.14 bits per heavy atom. The molecule has 0 saturated carbocycles. The van der Waals surface area contributed by atoms with Crippen LogP contribution in [0.3, 0.4) is 0 Å². The second-order valence-electron chi connectivity index (χ2n) is 5.80. The van der Waals surface area contributed by atoms with Gasteiger partial charge in [0.05, 0.1) is 22.3 Å². The number of aromatic carboxylic acids is 2. The van der Waals surface area contributed by atoms with E-state index in [4.69, 9.17) is 19.7 Å². The molecule has 0 spiro atoms. The third-order valence-corrected chi connectivity index (χ3v) is 3.86. The highest BCUT2D eigenvalue weighted by atomic mass is 16.6. The second kappa shape index (κ2) is 9.31. The molecule has 2 aromatic carbocycles. The van der Waals surface area contributed by atoms with E-state index in [-0.39, 0.29) is 28.9 Å². The van der Waals surface area contributed by atoms with Crippen molar-refractivity contribution in [2.45, 2.75) is 19.4 Å². The minimum absolute atomic E-state index is 0.0471. The Balaban J connectivity index is 1.92. The number of carbonyl (C=O) groups excluding carboxylic acids is 2. The number of carboxylic acid groups (broad SMARTS) is 2. The predicted molar refractivity (Wildman–Crippen MR) is 96.6 cm³/mol. The van der Waals surface area contributed by atoms with Crippen LogP contribution >= 0.6 is 0 Å². The summed E-state index contributed by atoms with van der Waals surface area (Å²) >= 11 is 0.